The molecule has 2 N–H and O–H groups in total. The van der Waals surface area contributed by atoms with Crippen molar-refractivity contribution in [2.75, 3.05) is 5.32 Å². The number of nitrogens with one attached hydrogen (secondary N) is 1. The number of carboxylic acids is 1. The van der Waals surface area contributed by atoms with E-state index in [0.29, 0.717) is 6.42 Å². The SMILES string of the molecule is CC(C)CC(Nc1ccccc1)(C(=O)O)c1ccccc1. The van der Waals surface area contributed by atoms with E-state index in [4.69, 9.17) is 0 Å². The first-order valence-electron chi connectivity index (χ1n) is 7.17. The molecule has 2 aromatic rings. The fourth-order valence-electron chi connectivity index (χ4n) is 2.61. The van der Waals surface area contributed by atoms with Gasteiger partial charge in [-0.25, -0.2) is 4.79 Å². The summed E-state index contributed by atoms with van der Waals surface area (Å²) in [7, 11) is 0. The molecule has 0 radical (unpaired) electrons. The molecule has 0 aliphatic heterocycles. The quantitative estimate of drug-likeness (QED) is 0.838. The van der Waals surface area contributed by atoms with E-state index in [0.717, 1.165) is 11.3 Å². The molecule has 0 saturated carbocycles. The minimum Gasteiger partial charge on any atom is -0.479 e. The number of para-hydroxylation sites is 1. The topological polar surface area (TPSA) is 49.3 Å². The van der Waals surface area contributed by atoms with Crippen molar-refractivity contribution >= 4 is 11.7 Å². The van der Waals surface area contributed by atoms with Crippen molar-refractivity contribution in [2.24, 2.45) is 5.92 Å². The van der Waals surface area contributed by atoms with Gasteiger partial charge in [0, 0.05) is 5.69 Å². The summed E-state index contributed by atoms with van der Waals surface area (Å²) in [6.07, 6.45) is 0.515. The number of aliphatic carboxylic acids is 1. The molecule has 0 heterocycles. The van der Waals surface area contributed by atoms with Crippen LogP contribution in [0.1, 0.15) is 25.8 Å². The van der Waals surface area contributed by atoms with Gasteiger partial charge in [0.1, 0.15) is 0 Å². The van der Waals surface area contributed by atoms with E-state index in [-0.39, 0.29) is 5.92 Å². The van der Waals surface area contributed by atoms with Crippen LogP contribution in [-0.2, 0) is 10.3 Å². The van der Waals surface area contributed by atoms with E-state index in [1.165, 1.54) is 0 Å². The second-order valence-corrected chi connectivity index (χ2v) is 5.67. The highest BCUT2D eigenvalue weighted by molar-refractivity contribution is 5.84. The largest absolute Gasteiger partial charge is 0.479 e. The molecule has 0 fully saturated rings. The molecule has 0 aromatic heterocycles. The minimum absolute atomic E-state index is 0.248. The van der Waals surface area contributed by atoms with Gasteiger partial charge in [-0.05, 0) is 30.0 Å². The van der Waals surface area contributed by atoms with E-state index in [9.17, 15) is 9.90 Å². The van der Waals surface area contributed by atoms with E-state index in [2.05, 4.69) is 5.32 Å². The van der Waals surface area contributed by atoms with Gasteiger partial charge in [-0.15, -0.1) is 0 Å². The lowest BCUT2D eigenvalue weighted by Crippen LogP contribution is -2.44. The highest BCUT2D eigenvalue weighted by Crippen LogP contribution is 2.33. The van der Waals surface area contributed by atoms with Gasteiger partial charge in [0.25, 0.3) is 0 Å². The molecule has 3 heteroatoms. The molecule has 1 atom stereocenters. The Morgan fingerprint density at radius 3 is 2.05 bits per heavy atom. The molecule has 3 nitrogen and oxygen atoms in total. The summed E-state index contributed by atoms with van der Waals surface area (Å²) in [5.74, 6) is -0.608. The van der Waals surface area contributed by atoms with Crippen LogP contribution in [-0.4, -0.2) is 11.1 Å². The second kappa shape index (κ2) is 6.44. The Morgan fingerprint density at radius 2 is 1.57 bits per heavy atom. The minimum atomic E-state index is -1.11. The Kier molecular flexibility index (Phi) is 4.63. The first kappa shape index (κ1) is 15.1. The molecule has 0 bridgehead atoms. The fraction of sp³-hybridized carbons (Fsp3) is 0.278. The van der Waals surface area contributed by atoms with Crippen molar-refractivity contribution in [2.45, 2.75) is 25.8 Å². The maximum absolute atomic E-state index is 12.1. The van der Waals surface area contributed by atoms with Crippen LogP contribution in [0, 0.1) is 5.92 Å². The summed E-state index contributed by atoms with van der Waals surface area (Å²) in [4.78, 5) is 12.1. The molecule has 0 aliphatic carbocycles. The van der Waals surface area contributed by atoms with Gasteiger partial charge in [-0.1, -0.05) is 62.4 Å². The van der Waals surface area contributed by atoms with Crippen molar-refractivity contribution < 1.29 is 9.90 Å². The summed E-state index contributed by atoms with van der Waals surface area (Å²) >= 11 is 0. The summed E-state index contributed by atoms with van der Waals surface area (Å²) < 4.78 is 0. The van der Waals surface area contributed by atoms with E-state index in [1.807, 2.05) is 74.5 Å². The van der Waals surface area contributed by atoms with Gasteiger partial charge >= 0.3 is 5.97 Å². The monoisotopic (exact) mass is 283 g/mol. The number of benzene rings is 2. The third-order valence-corrected chi connectivity index (χ3v) is 3.48. The van der Waals surface area contributed by atoms with Gasteiger partial charge in [0.2, 0.25) is 0 Å². The molecule has 0 spiro atoms. The predicted octanol–water partition coefficient (Wildman–Crippen LogP) is 4.12. The van der Waals surface area contributed by atoms with Crippen LogP contribution in [0.4, 0.5) is 5.69 Å². The first-order valence-corrected chi connectivity index (χ1v) is 7.17. The molecule has 0 saturated heterocycles. The maximum Gasteiger partial charge on any atom is 0.334 e. The van der Waals surface area contributed by atoms with Gasteiger partial charge in [0.05, 0.1) is 0 Å². The second-order valence-electron chi connectivity index (χ2n) is 5.67. The molecule has 110 valence electrons. The first-order chi connectivity index (χ1) is 10.0. The van der Waals surface area contributed by atoms with Crippen LogP contribution >= 0.6 is 0 Å². The maximum atomic E-state index is 12.1. The molecule has 2 aromatic carbocycles. The van der Waals surface area contributed by atoms with E-state index in [1.54, 1.807) is 0 Å². The highest BCUT2D eigenvalue weighted by atomic mass is 16.4. The lowest BCUT2D eigenvalue weighted by molar-refractivity contribution is -0.143. The highest BCUT2D eigenvalue weighted by Gasteiger charge is 2.40. The Labute approximate surface area is 125 Å². The van der Waals surface area contributed by atoms with Crippen molar-refractivity contribution in [1.29, 1.82) is 0 Å². The third kappa shape index (κ3) is 3.43. The van der Waals surface area contributed by atoms with E-state index < -0.39 is 11.5 Å². The molecular weight excluding hydrogens is 262 g/mol. The molecular formula is C18H21NO2. The van der Waals surface area contributed by atoms with Crippen molar-refractivity contribution in [3.05, 3.63) is 66.2 Å². The van der Waals surface area contributed by atoms with Crippen molar-refractivity contribution in [3.63, 3.8) is 0 Å². The van der Waals surface area contributed by atoms with Crippen LogP contribution in [0.5, 0.6) is 0 Å². The predicted molar refractivity (Wildman–Crippen MR) is 85.3 cm³/mol. The van der Waals surface area contributed by atoms with Gasteiger partial charge in [0.15, 0.2) is 5.54 Å². The average molecular weight is 283 g/mol. The lowest BCUT2D eigenvalue weighted by Gasteiger charge is -2.33. The molecule has 0 amide bonds. The number of hydrogen-bond acceptors (Lipinski definition) is 2. The summed E-state index contributed by atoms with van der Waals surface area (Å²) in [6, 6.07) is 18.9. The van der Waals surface area contributed by atoms with Crippen LogP contribution in [0.3, 0.4) is 0 Å². The Morgan fingerprint density at radius 1 is 1.05 bits per heavy atom. The zero-order valence-electron chi connectivity index (χ0n) is 12.4. The number of rotatable bonds is 6. The lowest BCUT2D eigenvalue weighted by atomic mass is 9.82. The number of hydrogen-bond donors (Lipinski definition) is 2. The Bertz CT molecular complexity index is 581. The van der Waals surface area contributed by atoms with Gasteiger partial charge in [-0.2, -0.15) is 0 Å². The number of carbonyl (C=O) groups is 1. The van der Waals surface area contributed by atoms with Crippen LogP contribution in [0.25, 0.3) is 0 Å². The zero-order chi connectivity index (χ0) is 15.3. The standard InChI is InChI=1S/C18H21NO2/c1-14(2)13-18(17(20)21,15-9-5-3-6-10-15)19-16-11-7-4-8-12-16/h3-12,14,19H,13H2,1-2H3,(H,20,21). The van der Waals surface area contributed by atoms with Crippen LogP contribution in [0.15, 0.2) is 60.7 Å². The molecule has 21 heavy (non-hydrogen) atoms. The molecule has 2 rings (SSSR count). The fourth-order valence-corrected chi connectivity index (χ4v) is 2.61. The normalized spacial score (nSPS) is 13.7. The third-order valence-electron chi connectivity index (χ3n) is 3.48. The summed E-state index contributed by atoms with van der Waals surface area (Å²) in [5.41, 5.74) is 0.469. The number of anilines is 1. The van der Waals surface area contributed by atoms with Gasteiger partial charge < -0.3 is 10.4 Å². The van der Waals surface area contributed by atoms with Crippen molar-refractivity contribution in [1.82, 2.24) is 0 Å². The Balaban J connectivity index is 2.48. The zero-order valence-corrected chi connectivity index (χ0v) is 12.4. The van der Waals surface area contributed by atoms with Gasteiger partial charge in [-0.3, -0.25) is 0 Å². The van der Waals surface area contributed by atoms with E-state index >= 15 is 0 Å². The summed E-state index contributed by atoms with van der Waals surface area (Å²) in [6.45, 7) is 4.07. The van der Waals surface area contributed by atoms with Crippen molar-refractivity contribution in [3.8, 4) is 0 Å². The summed E-state index contributed by atoms with van der Waals surface area (Å²) in [5, 5.41) is 13.2. The van der Waals surface area contributed by atoms with Crippen LogP contribution < -0.4 is 5.32 Å². The molecule has 1 unspecified atom stereocenters. The smallest absolute Gasteiger partial charge is 0.334 e. The number of carboxylic acid groups (broad SMARTS) is 1. The Hall–Kier alpha value is -2.29. The van der Waals surface area contributed by atoms with Crippen LogP contribution in [0.2, 0.25) is 0 Å². The molecule has 0 aliphatic rings. The average Bonchev–Trinajstić information content (AvgIpc) is 2.48.